The summed E-state index contributed by atoms with van der Waals surface area (Å²) in [5, 5.41) is 4.06. The number of nitrogens with one attached hydrogen (secondary N) is 1. The van der Waals surface area contributed by atoms with Crippen molar-refractivity contribution in [2.75, 3.05) is 31.7 Å². The molecule has 5 heteroatoms. The van der Waals surface area contributed by atoms with Crippen LogP contribution >= 0.6 is 11.6 Å². The van der Waals surface area contributed by atoms with Crippen LogP contribution in [0.3, 0.4) is 0 Å². The summed E-state index contributed by atoms with van der Waals surface area (Å²) in [5.41, 5.74) is 1.05. The number of ether oxygens (including phenoxy) is 1. The molecule has 1 rings (SSSR count). The Morgan fingerprint density at radius 3 is 2.90 bits per heavy atom. The molecule has 112 valence electrons. The van der Waals surface area contributed by atoms with Crippen molar-refractivity contribution in [2.24, 2.45) is 0 Å². The fourth-order valence-corrected chi connectivity index (χ4v) is 1.92. The molecule has 0 amide bonds. The molecule has 0 aliphatic rings. The van der Waals surface area contributed by atoms with Crippen LogP contribution in [0.1, 0.15) is 19.4 Å². The molecule has 0 fully saturated rings. The van der Waals surface area contributed by atoms with Gasteiger partial charge in [-0.15, -0.1) is 6.58 Å². The highest BCUT2D eigenvalue weighted by atomic mass is 35.5. The van der Waals surface area contributed by atoms with Gasteiger partial charge in [-0.1, -0.05) is 31.5 Å². The van der Waals surface area contributed by atoms with Crippen molar-refractivity contribution in [3.63, 3.8) is 0 Å². The van der Waals surface area contributed by atoms with Crippen LogP contribution in [0.25, 0.3) is 0 Å². The Morgan fingerprint density at radius 1 is 1.55 bits per heavy atom. The normalized spacial score (nSPS) is 10.8. The van der Waals surface area contributed by atoms with E-state index in [1.807, 2.05) is 12.1 Å². The van der Waals surface area contributed by atoms with Gasteiger partial charge >= 0.3 is 0 Å². The van der Waals surface area contributed by atoms with E-state index >= 15 is 0 Å². The number of methoxy groups -OCH3 is 1. The largest absolute Gasteiger partial charge is 0.383 e. The van der Waals surface area contributed by atoms with Gasteiger partial charge in [0, 0.05) is 39.0 Å². The quantitative estimate of drug-likeness (QED) is 0.711. The van der Waals surface area contributed by atoms with Gasteiger partial charge in [-0.3, -0.25) is 0 Å². The van der Waals surface area contributed by atoms with Crippen molar-refractivity contribution in [1.82, 2.24) is 10.3 Å². The van der Waals surface area contributed by atoms with Gasteiger partial charge in [-0.25, -0.2) is 4.98 Å². The SMILES string of the molecule is C=CCN(CCOC)c1cc(CNC(C)C)c(Cl)cn1. The molecule has 4 nitrogen and oxygen atoms in total. The molecule has 1 N–H and O–H groups in total. The van der Waals surface area contributed by atoms with Crippen LogP contribution in [0.15, 0.2) is 24.9 Å². The summed E-state index contributed by atoms with van der Waals surface area (Å²) in [7, 11) is 1.69. The third kappa shape index (κ3) is 5.49. The highest BCUT2D eigenvalue weighted by molar-refractivity contribution is 6.31. The van der Waals surface area contributed by atoms with Crippen LogP contribution in [0.2, 0.25) is 5.02 Å². The van der Waals surface area contributed by atoms with E-state index < -0.39 is 0 Å². The summed E-state index contributed by atoms with van der Waals surface area (Å²) in [4.78, 5) is 6.52. The second kappa shape index (κ2) is 8.95. The van der Waals surface area contributed by atoms with Crippen molar-refractivity contribution in [2.45, 2.75) is 26.4 Å². The van der Waals surface area contributed by atoms with Gasteiger partial charge in [0.1, 0.15) is 5.82 Å². The lowest BCUT2D eigenvalue weighted by Gasteiger charge is -2.22. The summed E-state index contributed by atoms with van der Waals surface area (Å²) < 4.78 is 5.13. The lowest BCUT2D eigenvalue weighted by molar-refractivity contribution is 0.205. The molecule has 1 aromatic rings. The first kappa shape index (κ1) is 17.0. The Bertz CT molecular complexity index is 424. The zero-order chi connectivity index (χ0) is 15.0. The van der Waals surface area contributed by atoms with E-state index in [-0.39, 0.29) is 0 Å². The number of hydrogen-bond acceptors (Lipinski definition) is 4. The van der Waals surface area contributed by atoms with Crippen LogP contribution in [0, 0.1) is 0 Å². The van der Waals surface area contributed by atoms with Gasteiger partial charge in [-0.2, -0.15) is 0 Å². The van der Waals surface area contributed by atoms with Crippen LogP contribution < -0.4 is 10.2 Å². The van der Waals surface area contributed by atoms with Crippen LogP contribution in [-0.4, -0.2) is 37.8 Å². The molecular formula is C15H24ClN3O. The second-order valence-electron chi connectivity index (χ2n) is 4.90. The highest BCUT2D eigenvalue weighted by Crippen LogP contribution is 2.20. The highest BCUT2D eigenvalue weighted by Gasteiger charge is 2.10. The van der Waals surface area contributed by atoms with E-state index in [1.165, 1.54) is 0 Å². The molecule has 0 atom stereocenters. The third-order valence-corrected chi connectivity index (χ3v) is 3.20. The number of rotatable bonds is 9. The average Bonchev–Trinajstić information content (AvgIpc) is 2.42. The first-order chi connectivity index (χ1) is 9.58. The van der Waals surface area contributed by atoms with Crippen molar-refractivity contribution < 1.29 is 4.74 Å². The Hall–Kier alpha value is -1.10. The zero-order valence-electron chi connectivity index (χ0n) is 12.5. The minimum absolute atomic E-state index is 0.417. The molecule has 0 aromatic carbocycles. The number of aromatic nitrogens is 1. The number of nitrogens with zero attached hydrogens (tertiary/aromatic N) is 2. The van der Waals surface area contributed by atoms with Crippen LogP contribution in [0.4, 0.5) is 5.82 Å². The van der Waals surface area contributed by atoms with Crippen molar-refractivity contribution in [3.05, 3.63) is 35.5 Å². The van der Waals surface area contributed by atoms with Crippen LogP contribution in [-0.2, 0) is 11.3 Å². The fraction of sp³-hybridized carbons (Fsp3) is 0.533. The monoisotopic (exact) mass is 297 g/mol. The van der Waals surface area contributed by atoms with Gasteiger partial charge in [0.2, 0.25) is 0 Å². The molecule has 0 saturated carbocycles. The maximum Gasteiger partial charge on any atom is 0.129 e. The topological polar surface area (TPSA) is 37.4 Å². The van der Waals surface area contributed by atoms with Gasteiger partial charge in [0.25, 0.3) is 0 Å². The Labute approximate surface area is 126 Å². The summed E-state index contributed by atoms with van der Waals surface area (Å²) in [5.74, 6) is 0.895. The summed E-state index contributed by atoms with van der Waals surface area (Å²) in [6.07, 6.45) is 3.56. The van der Waals surface area contributed by atoms with Crippen molar-refractivity contribution in [3.8, 4) is 0 Å². The molecule has 0 bridgehead atoms. The first-order valence-electron chi connectivity index (χ1n) is 6.81. The molecule has 0 radical (unpaired) electrons. The lowest BCUT2D eigenvalue weighted by Crippen LogP contribution is -2.28. The summed E-state index contributed by atoms with van der Waals surface area (Å²) in [6.45, 7) is 10.9. The maximum absolute atomic E-state index is 6.20. The number of halogens is 1. The average molecular weight is 298 g/mol. The van der Waals surface area contributed by atoms with E-state index in [9.17, 15) is 0 Å². The number of hydrogen-bond donors (Lipinski definition) is 1. The van der Waals surface area contributed by atoms with Crippen molar-refractivity contribution >= 4 is 17.4 Å². The molecule has 0 aliphatic carbocycles. The predicted molar refractivity (Wildman–Crippen MR) is 85.5 cm³/mol. The van der Waals surface area contributed by atoms with Gasteiger partial charge in [0.15, 0.2) is 0 Å². The lowest BCUT2D eigenvalue weighted by atomic mass is 10.2. The maximum atomic E-state index is 6.20. The standard InChI is InChI=1S/C15H24ClN3O/c1-5-6-19(7-8-20-4)15-9-13(10-17-12(2)3)14(16)11-18-15/h5,9,11-12,17H,1,6-8,10H2,2-4H3. The molecule has 0 spiro atoms. The molecule has 20 heavy (non-hydrogen) atoms. The molecule has 0 aliphatic heterocycles. The van der Waals surface area contributed by atoms with E-state index in [1.54, 1.807) is 13.3 Å². The fourth-order valence-electron chi connectivity index (χ4n) is 1.75. The molecule has 1 heterocycles. The first-order valence-corrected chi connectivity index (χ1v) is 7.18. The molecule has 0 unspecified atom stereocenters. The predicted octanol–water partition coefficient (Wildman–Crippen LogP) is 2.87. The van der Waals surface area contributed by atoms with Crippen LogP contribution in [0.5, 0.6) is 0 Å². The smallest absolute Gasteiger partial charge is 0.129 e. The molecular weight excluding hydrogens is 274 g/mol. The Morgan fingerprint density at radius 2 is 2.30 bits per heavy atom. The third-order valence-electron chi connectivity index (χ3n) is 2.86. The minimum atomic E-state index is 0.417. The second-order valence-corrected chi connectivity index (χ2v) is 5.30. The van der Waals surface area contributed by atoms with E-state index in [0.29, 0.717) is 17.7 Å². The van der Waals surface area contributed by atoms with Crippen molar-refractivity contribution in [1.29, 1.82) is 0 Å². The van der Waals surface area contributed by atoms with Gasteiger partial charge in [0.05, 0.1) is 11.6 Å². The zero-order valence-corrected chi connectivity index (χ0v) is 13.3. The van der Waals surface area contributed by atoms with E-state index in [4.69, 9.17) is 16.3 Å². The van der Waals surface area contributed by atoms with Gasteiger partial charge < -0.3 is 15.0 Å². The van der Waals surface area contributed by atoms with E-state index in [2.05, 4.69) is 35.6 Å². The molecule has 1 aromatic heterocycles. The Balaban J connectivity index is 2.86. The number of anilines is 1. The summed E-state index contributed by atoms with van der Waals surface area (Å²) >= 11 is 6.20. The van der Waals surface area contributed by atoms with Gasteiger partial charge in [-0.05, 0) is 11.6 Å². The number of pyridine rings is 1. The molecule has 0 saturated heterocycles. The Kier molecular flexibility index (Phi) is 7.59. The van der Waals surface area contributed by atoms with E-state index in [0.717, 1.165) is 31.0 Å². The summed E-state index contributed by atoms with van der Waals surface area (Å²) in [6, 6.07) is 2.44. The minimum Gasteiger partial charge on any atom is -0.383 e.